The molecule has 0 aliphatic carbocycles. The van der Waals surface area contributed by atoms with Crippen LogP contribution in [0.15, 0.2) is 48.4 Å². The molecule has 0 saturated carbocycles. The predicted molar refractivity (Wildman–Crippen MR) is 135 cm³/mol. The summed E-state index contributed by atoms with van der Waals surface area (Å²) in [6.07, 6.45) is 6.88. The van der Waals surface area contributed by atoms with E-state index in [0.29, 0.717) is 46.9 Å². The number of hydrogen-bond donors (Lipinski definition) is 3. The summed E-state index contributed by atoms with van der Waals surface area (Å²) in [6, 6.07) is 5.81. The van der Waals surface area contributed by atoms with Crippen LogP contribution >= 0.6 is 24.4 Å². The number of amides is 1. The number of carbonyl (C=O) groups is 1. The van der Waals surface area contributed by atoms with Crippen LogP contribution in [-0.4, -0.2) is 73.1 Å². The van der Waals surface area contributed by atoms with Crippen LogP contribution in [0.25, 0.3) is 0 Å². The molecular weight excluding hydrogens is 462 g/mol. The SMILES string of the molecule is CNc1nc(Nc2ccc3c(c2)OCC2=CN(C(=O)/C=C/CN(C)C)CC[N+]23S)ncc1Cl. The minimum Gasteiger partial charge on any atom is -0.477 e. The summed E-state index contributed by atoms with van der Waals surface area (Å²) >= 11 is 11.1. The van der Waals surface area contributed by atoms with E-state index < -0.39 is 0 Å². The minimum atomic E-state index is -0.0434. The number of carbonyl (C=O) groups excluding carboxylic acids is 1. The highest BCUT2D eigenvalue weighted by Crippen LogP contribution is 2.45. The highest BCUT2D eigenvalue weighted by atomic mass is 35.5. The number of ether oxygens (including phenoxy) is 1. The lowest BCUT2D eigenvalue weighted by atomic mass is 10.1. The Morgan fingerprint density at radius 1 is 1.42 bits per heavy atom. The van der Waals surface area contributed by atoms with E-state index in [1.165, 1.54) is 0 Å². The molecule has 0 saturated heterocycles. The quantitative estimate of drug-likeness (QED) is 0.327. The Bertz CT molecular complexity index is 1120. The van der Waals surface area contributed by atoms with Crippen molar-refractivity contribution in [2.75, 3.05) is 58.0 Å². The fourth-order valence-electron chi connectivity index (χ4n) is 3.69. The first-order chi connectivity index (χ1) is 15.8. The van der Waals surface area contributed by atoms with Gasteiger partial charge in [-0.25, -0.2) is 4.98 Å². The fourth-order valence-corrected chi connectivity index (χ4v) is 4.24. The summed E-state index contributed by atoms with van der Waals surface area (Å²) in [7, 11) is 5.67. The summed E-state index contributed by atoms with van der Waals surface area (Å²) in [5.41, 5.74) is 2.61. The molecule has 174 valence electrons. The summed E-state index contributed by atoms with van der Waals surface area (Å²) in [5, 5.41) is 6.56. The van der Waals surface area contributed by atoms with Crippen LogP contribution in [0.2, 0.25) is 5.02 Å². The second kappa shape index (κ2) is 9.60. The first-order valence-corrected chi connectivity index (χ1v) is 11.3. The summed E-state index contributed by atoms with van der Waals surface area (Å²) in [6.45, 7) is 2.25. The zero-order valence-electron chi connectivity index (χ0n) is 18.7. The lowest BCUT2D eigenvalue weighted by molar-refractivity contribution is -0.124. The van der Waals surface area contributed by atoms with E-state index in [9.17, 15) is 4.79 Å². The molecule has 0 spiro atoms. The molecule has 2 N–H and O–H groups in total. The van der Waals surface area contributed by atoms with Crippen LogP contribution in [0.1, 0.15) is 0 Å². The number of aromatic nitrogens is 2. The molecule has 0 fully saturated rings. The Morgan fingerprint density at radius 3 is 3.00 bits per heavy atom. The van der Waals surface area contributed by atoms with Crippen molar-refractivity contribution in [2.45, 2.75) is 0 Å². The van der Waals surface area contributed by atoms with Crippen LogP contribution in [0.3, 0.4) is 0 Å². The number of likely N-dealkylation sites (N-methyl/N-ethyl adjacent to an activating group) is 1. The third-order valence-corrected chi connectivity index (χ3v) is 6.38. The van der Waals surface area contributed by atoms with Gasteiger partial charge in [-0.1, -0.05) is 17.7 Å². The monoisotopic (exact) mass is 488 g/mol. The van der Waals surface area contributed by atoms with Gasteiger partial charge in [0.2, 0.25) is 5.95 Å². The van der Waals surface area contributed by atoms with Gasteiger partial charge in [0, 0.05) is 37.5 Å². The van der Waals surface area contributed by atoms with Crippen LogP contribution < -0.4 is 19.3 Å². The average Bonchev–Trinajstić information content (AvgIpc) is 2.79. The number of rotatable bonds is 6. The second-order valence-electron chi connectivity index (χ2n) is 8.05. The molecule has 1 atom stereocenters. The molecule has 0 radical (unpaired) electrons. The lowest BCUT2D eigenvalue weighted by Crippen LogP contribution is -2.52. The van der Waals surface area contributed by atoms with Crippen molar-refractivity contribution in [3.05, 3.63) is 53.5 Å². The minimum absolute atomic E-state index is 0.0434. The van der Waals surface area contributed by atoms with Gasteiger partial charge in [0.15, 0.2) is 23.7 Å². The van der Waals surface area contributed by atoms with Gasteiger partial charge < -0.3 is 25.2 Å². The molecule has 33 heavy (non-hydrogen) atoms. The van der Waals surface area contributed by atoms with Crippen molar-refractivity contribution in [3.8, 4) is 5.75 Å². The van der Waals surface area contributed by atoms with Crippen LogP contribution in [0.4, 0.5) is 23.1 Å². The number of halogens is 1. The Kier molecular flexibility index (Phi) is 6.80. The number of quaternary nitrogens is 1. The number of nitrogens with zero attached hydrogens (tertiary/aromatic N) is 5. The van der Waals surface area contributed by atoms with Crippen molar-refractivity contribution in [1.82, 2.24) is 23.7 Å². The van der Waals surface area contributed by atoms with Crippen molar-refractivity contribution >= 4 is 53.5 Å². The fraction of sp³-hybridized carbons (Fsp3) is 0.318. The highest BCUT2D eigenvalue weighted by molar-refractivity contribution is 7.80. The maximum atomic E-state index is 12.6. The third kappa shape index (κ3) is 4.93. The summed E-state index contributed by atoms with van der Waals surface area (Å²) < 4.78 is 6.34. The molecule has 4 rings (SSSR count). The van der Waals surface area contributed by atoms with Gasteiger partial charge in [-0.2, -0.15) is 8.87 Å². The van der Waals surface area contributed by atoms with E-state index in [0.717, 1.165) is 22.8 Å². The Labute approximate surface area is 203 Å². The zero-order chi connectivity index (χ0) is 23.6. The number of benzene rings is 1. The van der Waals surface area contributed by atoms with Crippen molar-refractivity contribution in [1.29, 1.82) is 0 Å². The normalized spacial score (nSPS) is 19.6. The molecule has 1 unspecified atom stereocenters. The van der Waals surface area contributed by atoms with E-state index in [4.69, 9.17) is 29.2 Å². The molecule has 2 aliphatic rings. The van der Waals surface area contributed by atoms with Crippen LogP contribution in [0.5, 0.6) is 5.75 Å². The highest BCUT2D eigenvalue weighted by Gasteiger charge is 2.43. The van der Waals surface area contributed by atoms with E-state index >= 15 is 0 Å². The van der Waals surface area contributed by atoms with E-state index in [1.807, 2.05) is 49.5 Å². The molecule has 2 aromatic rings. The summed E-state index contributed by atoms with van der Waals surface area (Å²) in [4.78, 5) is 24.9. The van der Waals surface area contributed by atoms with Gasteiger partial charge in [-0.05, 0) is 20.2 Å². The molecule has 11 heteroatoms. The molecular formula is C22H27ClN7O2S+. The largest absolute Gasteiger partial charge is 0.477 e. The molecule has 3 heterocycles. The Hall–Kier alpha value is -2.79. The Morgan fingerprint density at radius 2 is 2.24 bits per heavy atom. The summed E-state index contributed by atoms with van der Waals surface area (Å²) in [5.74, 6) is 1.64. The maximum Gasteiger partial charge on any atom is 0.250 e. The van der Waals surface area contributed by atoms with E-state index in [-0.39, 0.29) is 5.91 Å². The van der Waals surface area contributed by atoms with Gasteiger partial charge in [-0.3, -0.25) is 4.79 Å². The van der Waals surface area contributed by atoms with E-state index in [1.54, 1.807) is 24.2 Å². The van der Waals surface area contributed by atoms with Gasteiger partial charge in [0.05, 0.1) is 31.8 Å². The lowest BCUT2D eigenvalue weighted by Gasteiger charge is -2.41. The third-order valence-electron chi connectivity index (χ3n) is 5.43. The number of hydrogen-bond acceptors (Lipinski definition) is 8. The first kappa shape index (κ1) is 23.4. The van der Waals surface area contributed by atoms with Crippen molar-refractivity contribution < 1.29 is 9.53 Å². The van der Waals surface area contributed by atoms with Gasteiger partial charge in [0.1, 0.15) is 17.4 Å². The topological polar surface area (TPSA) is 82.6 Å². The van der Waals surface area contributed by atoms with Crippen LogP contribution in [0, 0.1) is 0 Å². The molecule has 1 aromatic carbocycles. The zero-order valence-corrected chi connectivity index (χ0v) is 20.4. The number of nitrogens with one attached hydrogen (secondary N) is 2. The predicted octanol–water partition coefficient (Wildman–Crippen LogP) is 3.26. The molecule has 0 bridgehead atoms. The first-order valence-electron chi connectivity index (χ1n) is 10.5. The molecule has 9 nitrogen and oxygen atoms in total. The van der Waals surface area contributed by atoms with Gasteiger partial charge in [0.25, 0.3) is 5.91 Å². The van der Waals surface area contributed by atoms with Gasteiger partial charge >= 0.3 is 0 Å². The smallest absolute Gasteiger partial charge is 0.250 e. The Balaban J connectivity index is 1.53. The molecule has 1 amide bonds. The van der Waals surface area contributed by atoms with Gasteiger partial charge in [-0.15, -0.1) is 0 Å². The maximum absolute atomic E-state index is 12.6. The molecule has 2 aliphatic heterocycles. The van der Waals surface area contributed by atoms with Crippen molar-refractivity contribution in [3.63, 3.8) is 0 Å². The number of thiol groups is 1. The van der Waals surface area contributed by atoms with Crippen LogP contribution in [-0.2, 0) is 4.79 Å². The number of anilines is 3. The average molecular weight is 489 g/mol. The molecule has 1 aromatic heterocycles. The van der Waals surface area contributed by atoms with E-state index in [2.05, 4.69) is 20.6 Å². The van der Waals surface area contributed by atoms with Crippen molar-refractivity contribution in [2.24, 2.45) is 0 Å². The second-order valence-corrected chi connectivity index (χ2v) is 9.14. The number of fused-ring (bicyclic) bond motifs is 3. The standard InChI is InChI=1S/C22H27ClN7O2S/c1-24-21-17(23)12-25-22(27-21)26-15-6-7-18-19(11-15)32-14-16-13-29(9-10-30(16,18)33)20(31)5-4-8-28(2)3/h4-7,11-13,33H,8-10,14H2,1-3H3,(H2,24,25,26,27)/q+1/b5-4+.